The highest BCUT2D eigenvalue weighted by Crippen LogP contribution is 2.30. The Bertz CT molecular complexity index is 609. The molecule has 0 fully saturated rings. The van der Waals surface area contributed by atoms with Gasteiger partial charge < -0.3 is 0 Å². The van der Waals surface area contributed by atoms with Crippen molar-refractivity contribution in [1.82, 2.24) is 0 Å². The van der Waals surface area contributed by atoms with Gasteiger partial charge in [-0.05, 0) is 46.6 Å². The van der Waals surface area contributed by atoms with Gasteiger partial charge in [0.2, 0.25) is 0 Å². The normalized spacial score (nSPS) is 23.1. The number of hydrogen-bond acceptors (Lipinski definition) is 0. The highest BCUT2D eigenvalue weighted by molar-refractivity contribution is 5.71. The third kappa shape index (κ3) is 3.88. The molecule has 0 nitrogen and oxygen atoms in total. The van der Waals surface area contributed by atoms with Crippen LogP contribution in [-0.2, 0) is 12.8 Å². The van der Waals surface area contributed by atoms with E-state index in [9.17, 15) is 0 Å². The number of rotatable bonds is 1. The first-order valence-electron chi connectivity index (χ1n) is 8.16. The number of benzene rings is 1. The molecule has 0 aromatic heterocycles. The van der Waals surface area contributed by atoms with Crippen molar-refractivity contribution in [3.8, 4) is 0 Å². The maximum absolute atomic E-state index is 2.29. The van der Waals surface area contributed by atoms with Crippen LogP contribution in [0.3, 0.4) is 0 Å². The molecule has 0 spiro atoms. The van der Waals surface area contributed by atoms with Crippen molar-refractivity contribution in [2.45, 2.75) is 48.0 Å². The molecule has 2 aliphatic rings. The van der Waals surface area contributed by atoms with E-state index in [1.54, 1.807) is 0 Å². The van der Waals surface area contributed by atoms with E-state index in [4.69, 9.17) is 0 Å². The highest BCUT2D eigenvalue weighted by Gasteiger charge is 2.14. The minimum Gasteiger partial charge on any atom is -0.0779 e. The van der Waals surface area contributed by atoms with Crippen molar-refractivity contribution in [1.29, 1.82) is 0 Å². The van der Waals surface area contributed by atoms with E-state index < -0.39 is 0 Å². The fourth-order valence-electron chi connectivity index (χ4n) is 2.84. The summed E-state index contributed by atoms with van der Waals surface area (Å²) in [5.41, 5.74) is 7.18. The lowest BCUT2D eigenvalue weighted by atomic mass is 9.85. The predicted octanol–water partition coefficient (Wildman–Crippen LogP) is 6.63. The van der Waals surface area contributed by atoms with Gasteiger partial charge in [0.15, 0.2) is 0 Å². The smallest absolute Gasteiger partial charge is 0.00138 e. The molecule has 22 heavy (non-hydrogen) atoms. The Morgan fingerprint density at radius 2 is 1.82 bits per heavy atom. The molecule has 1 aromatic rings. The molecule has 0 radical (unpaired) electrons. The Morgan fingerprint density at radius 3 is 2.55 bits per heavy atom. The van der Waals surface area contributed by atoms with Crippen LogP contribution in [0.1, 0.15) is 57.4 Å². The zero-order valence-electron chi connectivity index (χ0n) is 13.7. The minimum absolute atomic E-state index is 0. The molecule has 1 aromatic carbocycles. The van der Waals surface area contributed by atoms with Gasteiger partial charge in [-0.1, -0.05) is 89.8 Å². The van der Waals surface area contributed by atoms with Gasteiger partial charge in [0.25, 0.3) is 0 Å². The Hall–Kier alpha value is -1.82. The lowest BCUT2D eigenvalue weighted by Gasteiger charge is -2.19. The summed E-state index contributed by atoms with van der Waals surface area (Å²) in [5, 5.41) is 0. The molecule has 0 saturated carbocycles. The highest BCUT2D eigenvalue weighted by atomic mass is 14.2. The van der Waals surface area contributed by atoms with Crippen LogP contribution >= 0.6 is 0 Å². The minimum atomic E-state index is 0. The summed E-state index contributed by atoms with van der Waals surface area (Å²) in [6.45, 7) is 8.46. The quantitative estimate of drug-likeness (QED) is 0.545. The third-order valence-corrected chi connectivity index (χ3v) is 4.01. The maximum Gasteiger partial charge on any atom is -0.00138 e. The first-order valence-corrected chi connectivity index (χ1v) is 8.16. The summed E-state index contributed by atoms with van der Waals surface area (Å²) < 4.78 is 0. The first-order chi connectivity index (χ1) is 10.3. The summed E-state index contributed by atoms with van der Waals surface area (Å²) in [6, 6.07) is 4.56. The molecule has 1 atom stereocenters. The van der Waals surface area contributed by atoms with Gasteiger partial charge in [-0.2, -0.15) is 0 Å². The molecule has 3 rings (SSSR count). The van der Waals surface area contributed by atoms with Gasteiger partial charge in [-0.15, -0.1) is 0 Å². The van der Waals surface area contributed by atoms with Gasteiger partial charge >= 0.3 is 0 Å². The monoisotopic (exact) mass is 294 g/mol. The second-order valence-corrected chi connectivity index (χ2v) is 5.41. The number of fused-ring (bicyclic) bond motifs is 1. The average molecular weight is 294 g/mol. The number of allylic oxidation sites excluding steroid dienone is 6. The molecule has 1 unspecified atom stereocenters. The van der Waals surface area contributed by atoms with Gasteiger partial charge in [0, 0.05) is 0 Å². The summed E-state index contributed by atoms with van der Waals surface area (Å²) >= 11 is 0. The molecule has 0 saturated heterocycles. The van der Waals surface area contributed by atoms with Crippen molar-refractivity contribution < 1.29 is 0 Å². The van der Waals surface area contributed by atoms with E-state index >= 15 is 0 Å². The van der Waals surface area contributed by atoms with E-state index in [1.165, 1.54) is 27.8 Å². The van der Waals surface area contributed by atoms with Gasteiger partial charge in [-0.25, -0.2) is 0 Å². The standard InChI is InChI=1S/C19H20.C2H6.CH4/c1-3-16-10-11-17-9-7-14(2)5-4-6-15-8-12-18(16)19(17)13-15;1-2;/h4-12,14H,3,13H2,1-2H3;1-2H3;1H4/b5-4-,9-7-,15-6-;;. The van der Waals surface area contributed by atoms with Crippen LogP contribution in [0.2, 0.25) is 0 Å². The molecule has 0 N–H and O–H groups in total. The molecular weight excluding hydrogens is 264 g/mol. The summed E-state index contributed by atoms with van der Waals surface area (Å²) in [4.78, 5) is 0. The molecule has 2 bridgehead atoms. The number of hydrogen-bond donors (Lipinski definition) is 0. The summed E-state index contributed by atoms with van der Waals surface area (Å²) in [7, 11) is 0. The maximum atomic E-state index is 2.29. The third-order valence-electron chi connectivity index (χ3n) is 4.01. The lowest BCUT2D eigenvalue weighted by molar-refractivity contribution is 0.943. The fraction of sp³-hybridized carbons (Fsp3) is 0.364. The second kappa shape index (κ2) is 8.58. The SMILES string of the molecule is C.CC.CCc1ccc2c3c1C=C/C(=C/C=C\C(C)/C=C\2)C3. The van der Waals surface area contributed by atoms with Gasteiger partial charge in [0.05, 0.1) is 0 Å². The van der Waals surface area contributed by atoms with Crippen LogP contribution in [0.25, 0.3) is 12.2 Å². The Labute approximate surface area is 137 Å². The van der Waals surface area contributed by atoms with E-state index in [2.05, 4.69) is 68.5 Å². The van der Waals surface area contributed by atoms with Crippen molar-refractivity contribution in [2.75, 3.05) is 0 Å². The zero-order valence-corrected chi connectivity index (χ0v) is 13.7. The van der Waals surface area contributed by atoms with Gasteiger partial charge in [0.1, 0.15) is 0 Å². The Morgan fingerprint density at radius 1 is 1.05 bits per heavy atom. The largest absolute Gasteiger partial charge is 0.0779 e. The number of aryl methyl sites for hydroxylation is 1. The Balaban J connectivity index is 0.000000775. The van der Waals surface area contributed by atoms with Crippen LogP contribution in [0, 0.1) is 5.92 Å². The molecule has 2 aliphatic carbocycles. The topological polar surface area (TPSA) is 0 Å². The van der Waals surface area contributed by atoms with E-state index in [-0.39, 0.29) is 7.43 Å². The van der Waals surface area contributed by atoms with Crippen molar-refractivity contribution >= 4 is 12.2 Å². The summed E-state index contributed by atoms with van der Waals surface area (Å²) in [6.07, 6.45) is 18.0. The van der Waals surface area contributed by atoms with Crippen LogP contribution in [0.4, 0.5) is 0 Å². The van der Waals surface area contributed by atoms with Crippen molar-refractivity contribution in [3.63, 3.8) is 0 Å². The van der Waals surface area contributed by atoms with E-state index in [0.29, 0.717) is 5.92 Å². The van der Waals surface area contributed by atoms with Crippen molar-refractivity contribution in [3.05, 3.63) is 70.3 Å². The van der Waals surface area contributed by atoms with Crippen LogP contribution < -0.4 is 0 Å². The zero-order chi connectivity index (χ0) is 15.2. The predicted molar refractivity (Wildman–Crippen MR) is 102 cm³/mol. The van der Waals surface area contributed by atoms with E-state index in [1.807, 2.05) is 13.8 Å². The van der Waals surface area contributed by atoms with Crippen LogP contribution in [0.5, 0.6) is 0 Å². The Kier molecular flexibility index (Phi) is 7.11. The van der Waals surface area contributed by atoms with E-state index in [0.717, 1.165) is 12.8 Å². The molecule has 0 amide bonds. The first kappa shape index (κ1) is 18.2. The molecule has 0 aliphatic heterocycles. The van der Waals surface area contributed by atoms with Crippen molar-refractivity contribution in [2.24, 2.45) is 5.92 Å². The molecular formula is C22H30. The van der Waals surface area contributed by atoms with Crippen LogP contribution in [-0.4, -0.2) is 0 Å². The van der Waals surface area contributed by atoms with Gasteiger partial charge in [-0.3, -0.25) is 0 Å². The lowest BCUT2D eigenvalue weighted by Crippen LogP contribution is -2.04. The molecule has 118 valence electrons. The fourth-order valence-corrected chi connectivity index (χ4v) is 2.84. The molecule has 0 heteroatoms. The second-order valence-electron chi connectivity index (χ2n) is 5.41. The molecule has 0 heterocycles. The average Bonchev–Trinajstić information content (AvgIpc) is 2.54. The van der Waals surface area contributed by atoms with Crippen LogP contribution in [0.15, 0.2) is 48.1 Å². The summed E-state index contributed by atoms with van der Waals surface area (Å²) in [5.74, 6) is 0.487.